The highest BCUT2D eigenvalue weighted by Crippen LogP contribution is 2.23. The molecule has 0 saturated carbocycles. The van der Waals surface area contributed by atoms with Gasteiger partial charge in [-0.2, -0.15) is 4.31 Å². The van der Waals surface area contributed by atoms with Crippen molar-refractivity contribution < 1.29 is 27.4 Å². The summed E-state index contributed by atoms with van der Waals surface area (Å²) in [6, 6.07) is 1.27. The van der Waals surface area contributed by atoms with Crippen LogP contribution in [0.3, 0.4) is 0 Å². The van der Waals surface area contributed by atoms with Gasteiger partial charge in [0.1, 0.15) is 16.5 Å². The van der Waals surface area contributed by atoms with E-state index in [0.717, 1.165) is 10.4 Å². The van der Waals surface area contributed by atoms with Crippen LogP contribution >= 0.6 is 0 Å². The SMILES string of the molecule is CN(CCO)S(=O)(=O)c1c(F)cc(F)cc1C#CCCO. The first-order chi connectivity index (χ1) is 9.84. The largest absolute Gasteiger partial charge is 0.395 e. The Morgan fingerprint density at radius 2 is 1.90 bits per heavy atom. The molecule has 0 aromatic heterocycles. The normalized spacial score (nSPS) is 11.3. The molecule has 0 atom stereocenters. The van der Waals surface area contributed by atoms with Gasteiger partial charge in [0.15, 0.2) is 0 Å². The molecule has 0 aliphatic heterocycles. The number of aliphatic hydroxyl groups is 2. The molecule has 1 aromatic carbocycles. The van der Waals surface area contributed by atoms with E-state index in [1.54, 1.807) is 0 Å². The molecule has 0 spiro atoms. The zero-order chi connectivity index (χ0) is 16.0. The Bertz CT molecular complexity index is 665. The van der Waals surface area contributed by atoms with Crippen LogP contribution in [0.15, 0.2) is 17.0 Å². The van der Waals surface area contributed by atoms with Gasteiger partial charge in [0.2, 0.25) is 10.0 Å². The first-order valence-electron chi connectivity index (χ1n) is 6.00. The minimum absolute atomic E-state index is 0.0457. The minimum Gasteiger partial charge on any atom is -0.395 e. The fourth-order valence-corrected chi connectivity index (χ4v) is 2.87. The highest BCUT2D eigenvalue weighted by molar-refractivity contribution is 7.89. The molecule has 1 aromatic rings. The molecule has 0 unspecified atom stereocenters. The van der Waals surface area contributed by atoms with Gasteiger partial charge < -0.3 is 10.2 Å². The number of sulfonamides is 1. The fourth-order valence-electron chi connectivity index (χ4n) is 1.55. The van der Waals surface area contributed by atoms with Crippen molar-refractivity contribution in [1.82, 2.24) is 4.31 Å². The van der Waals surface area contributed by atoms with Crippen LogP contribution in [0.4, 0.5) is 8.78 Å². The molecule has 5 nitrogen and oxygen atoms in total. The van der Waals surface area contributed by atoms with Crippen molar-refractivity contribution >= 4 is 10.0 Å². The van der Waals surface area contributed by atoms with Crippen molar-refractivity contribution in [3.05, 3.63) is 29.3 Å². The predicted octanol–water partition coefficient (Wildman–Crippen LogP) is 0.311. The summed E-state index contributed by atoms with van der Waals surface area (Å²) >= 11 is 0. The van der Waals surface area contributed by atoms with E-state index in [0.29, 0.717) is 6.07 Å². The number of hydrogen-bond acceptors (Lipinski definition) is 4. The van der Waals surface area contributed by atoms with Crippen LogP contribution in [0.25, 0.3) is 0 Å². The zero-order valence-electron chi connectivity index (χ0n) is 11.3. The van der Waals surface area contributed by atoms with Gasteiger partial charge in [0.25, 0.3) is 0 Å². The average Bonchev–Trinajstić information content (AvgIpc) is 2.38. The lowest BCUT2D eigenvalue weighted by Gasteiger charge is -2.17. The third-order valence-corrected chi connectivity index (χ3v) is 4.49. The zero-order valence-corrected chi connectivity index (χ0v) is 12.1. The monoisotopic (exact) mass is 319 g/mol. The van der Waals surface area contributed by atoms with Crippen LogP contribution in [0, 0.1) is 23.5 Å². The van der Waals surface area contributed by atoms with E-state index in [2.05, 4.69) is 11.8 Å². The summed E-state index contributed by atoms with van der Waals surface area (Å²) in [5, 5.41) is 17.4. The molecule has 0 bridgehead atoms. The molecule has 0 aliphatic carbocycles. The lowest BCUT2D eigenvalue weighted by Crippen LogP contribution is -2.31. The smallest absolute Gasteiger partial charge is 0.247 e. The Labute approximate surface area is 121 Å². The van der Waals surface area contributed by atoms with Gasteiger partial charge in [-0.1, -0.05) is 11.8 Å². The van der Waals surface area contributed by atoms with Crippen molar-refractivity contribution in [1.29, 1.82) is 0 Å². The number of aliphatic hydroxyl groups excluding tert-OH is 2. The number of benzene rings is 1. The summed E-state index contributed by atoms with van der Waals surface area (Å²) in [6.07, 6.45) is 0.0457. The van der Waals surface area contributed by atoms with Crippen LogP contribution in [-0.4, -0.2) is 49.7 Å². The van der Waals surface area contributed by atoms with Crippen LogP contribution in [-0.2, 0) is 10.0 Å². The van der Waals surface area contributed by atoms with E-state index in [-0.39, 0.29) is 25.1 Å². The summed E-state index contributed by atoms with van der Waals surface area (Å²) in [5.41, 5.74) is -0.328. The first-order valence-corrected chi connectivity index (χ1v) is 7.44. The van der Waals surface area contributed by atoms with E-state index in [1.165, 1.54) is 7.05 Å². The second-order valence-electron chi connectivity index (χ2n) is 4.09. The van der Waals surface area contributed by atoms with E-state index >= 15 is 0 Å². The number of rotatable bonds is 5. The van der Waals surface area contributed by atoms with Gasteiger partial charge in [-0.15, -0.1) is 0 Å². The van der Waals surface area contributed by atoms with Gasteiger partial charge in [0, 0.05) is 26.1 Å². The molecule has 0 radical (unpaired) electrons. The molecule has 2 N–H and O–H groups in total. The number of nitrogens with zero attached hydrogens (tertiary/aromatic N) is 1. The topological polar surface area (TPSA) is 77.8 Å². The summed E-state index contributed by atoms with van der Waals surface area (Å²) in [5.74, 6) is 2.55. The van der Waals surface area contributed by atoms with Crippen molar-refractivity contribution in [3.63, 3.8) is 0 Å². The molecule has 0 amide bonds. The third kappa shape index (κ3) is 4.22. The van der Waals surface area contributed by atoms with Gasteiger partial charge in [-0.25, -0.2) is 17.2 Å². The van der Waals surface area contributed by atoms with E-state index in [4.69, 9.17) is 10.2 Å². The maximum Gasteiger partial charge on any atom is 0.247 e. The molecule has 116 valence electrons. The Morgan fingerprint density at radius 1 is 1.24 bits per heavy atom. The Morgan fingerprint density at radius 3 is 2.48 bits per heavy atom. The van der Waals surface area contributed by atoms with Crippen molar-refractivity contribution in [2.24, 2.45) is 0 Å². The Kier molecular flexibility index (Phi) is 6.23. The lowest BCUT2D eigenvalue weighted by atomic mass is 10.2. The van der Waals surface area contributed by atoms with E-state index in [1.807, 2.05) is 0 Å². The Hall–Kier alpha value is -1.53. The quantitative estimate of drug-likeness (QED) is 0.766. The number of hydrogen-bond donors (Lipinski definition) is 2. The fraction of sp³-hybridized carbons (Fsp3) is 0.385. The predicted molar refractivity (Wildman–Crippen MR) is 71.8 cm³/mol. The lowest BCUT2D eigenvalue weighted by molar-refractivity contribution is 0.266. The van der Waals surface area contributed by atoms with E-state index < -0.39 is 33.2 Å². The van der Waals surface area contributed by atoms with Crippen LogP contribution in [0.5, 0.6) is 0 Å². The highest BCUT2D eigenvalue weighted by atomic mass is 32.2. The Balaban J connectivity index is 3.44. The highest BCUT2D eigenvalue weighted by Gasteiger charge is 2.27. The van der Waals surface area contributed by atoms with Gasteiger partial charge >= 0.3 is 0 Å². The molecule has 0 saturated heterocycles. The van der Waals surface area contributed by atoms with Gasteiger partial charge in [-0.05, 0) is 6.07 Å². The molecule has 1 rings (SSSR count). The second-order valence-corrected chi connectivity index (χ2v) is 6.07. The summed E-state index contributed by atoms with van der Waals surface area (Å²) < 4.78 is 52.4. The summed E-state index contributed by atoms with van der Waals surface area (Å²) in [4.78, 5) is -0.745. The minimum atomic E-state index is -4.25. The molecule has 0 aliphatic rings. The van der Waals surface area contributed by atoms with Crippen molar-refractivity contribution in [3.8, 4) is 11.8 Å². The molecule has 21 heavy (non-hydrogen) atoms. The standard InChI is InChI=1S/C13H15F2NO4S/c1-16(5-7-18)21(19,20)13-10(4-2-3-6-17)8-11(14)9-12(13)15/h8-9,17-18H,3,5-7H2,1H3. The van der Waals surface area contributed by atoms with Crippen LogP contribution in [0.2, 0.25) is 0 Å². The molecular formula is C13H15F2NO4S. The second kappa shape index (κ2) is 7.47. The maximum atomic E-state index is 13.9. The summed E-state index contributed by atoms with van der Waals surface area (Å²) in [6.45, 7) is -0.927. The average molecular weight is 319 g/mol. The molecule has 8 heteroatoms. The number of likely N-dealkylation sites (N-methyl/N-ethyl adjacent to an activating group) is 1. The van der Waals surface area contributed by atoms with Gasteiger partial charge in [0.05, 0.1) is 18.8 Å². The third-order valence-electron chi connectivity index (χ3n) is 2.55. The van der Waals surface area contributed by atoms with E-state index in [9.17, 15) is 17.2 Å². The molecule has 0 heterocycles. The maximum absolute atomic E-state index is 13.9. The van der Waals surface area contributed by atoms with Crippen molar-refractivity contribution in [2.45, 2.75) is 11.3 Å². The molecule has 0 fully saturated rings. The number of halogens is 2. The van der Waals surface area contributed by atoms with Gasteiger partial charge in [-0.3, -0.25) is 0 Å². The summed E-state index contributed by atoms with van der Waals surface area (Å²) in [7, 11) is -3.08. The van der Waals surface area contributed by atoms with Crippen LogP contribution in [0.1, 0.15) is 12.0 Å². The first kappa shape index (κ1) is 17.5. The molecular weight excluding hydrogens is 304 g/mol. The van der Waals surface area contributed by atoms with Crippen LogP contribution < -0.4 is 0 Å². The van der Waals surface area contributed by atoms with Crippen molar-refractivity contribution in [2.75, 3.05) is 26.8 Å².